The van der Waals surface area contributed by atoms with Crippen molar-refractivity contribution in [2.45, 2.75) is 45.3 Å². The fourth-order valence-corrected chi connectivity index (χ4v) is 2.63. The Bertz CT molecular complexity index is 572. The Balaban J connectivity index is 2.00. The van der Waals surface area contributed by atoms with E-state index in [1.807, 2.05) is 45.0 Å². The molecule has 0 radical (unpaired) electrons. The lowest BCUT2D eigenvalue weighted by Gasteiger charge is -2.35. The number of piperidine rings is 1. The van der Waals surface area contributed by atoms with Crippen LogP contribution in [0.25, 0.3) is 0 Å². The third kappa shape index (κ3) is 4.39. The van der Waals surface area contributed by atoms with Crippen LogP contribution in [0, 0.1) is 11.3 Å². The molecule has 1 aromatic rings. The number of nitrogens with zero attached hydrogens (tertiary/aromatic N) is 2. The van der Waals surface area contributed by atoms with Crippen LogP contribution in [0.2, 0.25) is 0 Å². The number of nitrogens with one attached hydrogen (secondary N) is 1. The van der Waals surface area contributed by atoms with E-state index in [0.717, 1.165) is 25.1 Å². The molecule has 2 rings (SSSR count). The van der Waals surface area contributed by atoms with E-state index in [1.165, 1.54) is 0 Å². The van der Waals surface area contributed by atoms with Crippen LogP contribution in [-0.2, 0) is 4.74 Å². The van der Waals surface area contributed by atoms with Gasteiger partial charge in [-0.25, -0.2) is 4.79 Å². The van der Waals surface area contributed by atoms with Crippen LogP contribution < -0.4 is 10.2 Å². The Kier molecular flexibility index (Phi) is 4.92. The van der Waals surface area contributed by atoms with E-state index in [-0.39, 0.29) is 12.1 Å². The van der Waals surface area contributed by atoms with Gasteiger partial charge in [0.15, 0.2) is 0 Å². The molecule has 1 fully saturated rings. The minimum Gasteiger partial charge on any atom is -0.444 e. The van der Waals surface area contributed by atoms with Gasteiger partial charge >= 0.3 is 6.09 Å². The van der Waals surface area contributed by atoms with Crippen molar-refractivity contribution < 1.29 is 9.53 Å². The van der Waals surface area contributed by atoms with Crippen molar-refractivity contribution in [1.29, 1.82) is 5.26 Å². The quantitative estimate of drug-likeness (QED) is 0.911. The standard InChI is InChI=1S/C17H23N3O2/c1-17(2,3)22-16(21)19-14-8-6-10-20(12-14)15-9-5-4-7-13(15)11-18/h4-5,7,9,14H,6,8,10,12H2,1-3H3,(H,19,21)/t14-/m0/s1. The molecule has 5 heteroatoms. The molecule has 0 aromatic heterocycles. The van der Waals surface area contributed by atoms with Gasteiger partial charge in [-0.2, -0.15) is 5.26 Å². The number of rotatable bonds is 2. The van der Waals surface area contributed by atoms with Gasteiger partial charge in [-0.3, -0.25) is 0 Å². The van der Waals surface area contributed by atoms with Gasteiger partial charge in [0, 0.05) is 19.1 Å². The average Bonchev–Trinajstić information content (AvgIpc) is 2.45. The molecule has 0 spiro atoms. The predicted octanol–water partition coefficient (Wildman–Crippen LogP) is 3.05. The number of carbonyl (C=O) groups is 1. The van der Waals surface area contributed by atoms with Crippen LogP contribution in [0.15, 0.2) is 24.3 Å². The van der Waals surface area contributed by atoms with Gasteiger partial charge in [0.1, 0.15) is 11.7 Å². The molecule has 1 aliphatic rings. The summed E-state index contributed by atoms with van der Waals surface area (Å²) < 4.78 is 5.31. The van der Waals surface area contributed by atoms with Crippen molar-refractivity contribution >= 4 is 11.8 Å². The van der Waals surface area contributed by atoms with Crippen LogP contribution in [0.4, 0.5) is 10.5 Å². The van der Waals surface area contributed by atoms with Crippen LogP contribution in [0.3, 0.4) is 0 Å². The number of para-hydroxylation sites is 1. The summed E-state index contributed by atoms with van der Waals surface area (Å²) in [7, 11) is 0. The van der Waals surface area contributed by atoms with Crippen LogP contribution in [-0.4, -0.2) is 30.8 Å². The zero-order chi connectivity index (χ0) is 16.2. The maximum Gasteiger partial charge on any atom is 0.407 e. The summed E-state index contributed by atoms with van der Waals surface area (Å²) in [5.74, 6) is 0. The lowest BCUT2D eigenvalue weighted by molar-refractivity contribution is 0.0500. The van der Waals surface area contributed by atoms with Gasteiger partial charge in [0.25, 0.3) is 0 Å². The molecule has 1 amide bonds. The van der Waals surface area contributed by atoms with E-state index in [4.69, 9.17) is 4.74 Å². The number of ether oxygens (including phenoxy) is 1. The molecule has 22 heavy (non-hydrogen) atoms. The van der Waals surface area contributed by atoms with Gasteiger partial charge in [-0.15, -0.1) is 0 Å². The number of benzene rings is 1. The van der Waals surface area contributed by atoms with Crippen LogP contribution in [0.5, 0.6) is 0 Å². The number of nitriles is 1. The minimum atomic E-state index is -0.494. The third-order valence-corrected chi connectivity index (χ3v) is 3.51. The molecule has 1 heterocycles. The molecule has 1 aliphatic heterocycles. The zero-order valence-corrected chi connectivity index (χ0v) is 13.4. The van der Waals surface area contributed by atoms with Gasteiger partial charge in [0.2, 0.25) is 0 Å². The number of alkyl carbamates (subject to hydrolysis) is 1. The molecule has 118 valence electrons. The smallest absolute Gasteiger partial charge is 0.407 e. The summed E-state index contributed by atoms with van der Waals surface area (Å²) in [6.07, 6.45) is 1.51. The number of anilines is 1. The summed E-state index contributed by atoms with van der Waals surface area (Å²) in [4.78, 5) is 14.0. The van der Waals surface area contributed by atoms with Crippen molar-refractivity contribution in [2.24, 2.45) is 0 Å². The summed E-state index contributed by atoms with van der Waals surface area (Å²) in [6, 6.07) is 9.83. The molecular weight excluding hydrogens is 278 g/mol. The van der Waals surface area contributed by atoms with Crippen LogP contribution >= 0.6 is 0 Å². The maximum atomic E-state index is 11.9. The van der Waals surface area contributed by atoms with Gasteiger partial charge in [-0.1, -0.05) is 12.1 Å². The average molecular weight is 301 g/mol. The number of hydrogen-bond acceptors (Lipinski definition) is 4. The monoisotopic (exact) mass is 301 g/mol. The Hall–Kier alpha value is -2.22. The molecular formula is C17H23N3O2. The highest BCUT2D eigenvalue weighted by molar-refractivity contribution is 5.68. The van der Waals surface area contributed by atoms with E-state index in [0.29, 0.717) is 12.1 Å². The number of carbonyl (C=O) groups excluding carboxylic acids is 1. The minimum absolute atomic E-state index is 0.0374. The normalized spacial score (nSPS) is 18.5. The zero-order valence-electron chi connectivity index (χ0n) is 13.4. The first-order valence-corrected chi connectivity index (χ1v) is 7.62. The van der Waals surface area contributed by atoms with E-state index < -0.39 is 5.60 Å². The molecule has 1 N–H and O–H groups in total. The first-order valence-electron chi connectivity index (χ1n) is 7.62. The van der Waals surface area contributed by atoms with Gasteiger partial charge in [0.05, 0.1) is 11.3 Å². The van der Waals surface area contributed by atoms with Crippen molar-refractivity contribution in [2.75, 3.05) is 18.0 Å². The molecule has 0 saturated carbocycles. The lowest BCUT2D eigenvalue weighted by atomic mass is 10.0. The molecule has 0 aliphatic carbocycles. The fourth-order valence-electron chi connectivity index (χ4n) is 2.63. The second kappa shape index (κ2) is 6.69. The SMILES string of the molecule is CC(C)(C)OC(=O)N[C@H]1CCCN(c2ccccc2C#N)C1. The number of hydrogen-bond donors (Lipinski definition) is 1. The second-order valence-electron chi connectivity index (χ2n) is 6.56. The van der Waals surface area contributed by atoms with Crippen molar-refractivity contribution in [3.8, 4) is 6.07 Å². The highest BCUT2D eigenvalue weighted by atomic mass is 16.6. The molecule has 5 nitrogen and oxygen atoms in total. The Morgan fingerprint density at radius 2 is 2.14 bits per heavy atom. The largest absolute Gasteiger partial charge is 0.444 e. The van der Waals surface area contributed by atoms with E-state index in [9.17, 15) is 10.1 Å². The predicted molar refractivity (Wildman–Crippen MR) is 85.8 cm³/mol. The first kappa shape index (κ1) is 16.2. The van der Waals surface area contributed by atoms with E-state index in [1.54, 1.807) is 0 Å². The molecule has 1 atom stereocenters. The highest BCUT2D eigenvalue weighted by Gasteiger charge is 2.25. The highest BCUT2D eigenvalue weighted by Crippen LogP contribution is 2.23. The first-order chi connectivity index (χ1) is 10.4. The lowest BCUT2D eigenvalue weighted by Crippen LogP contribution is -2.49. The Morgan fingerprint density at radius 3 is 2.82 bits per heavy atom. The molecule has 0 unspecified atom stereocenters. The van der Waals surface area contributed by atoms with Gasteiger partial charge < -0.3 is 15.0 Å². The topological polar surface area (TPSA) is 65.4 Å². The fraction of sp³-hybridized carbons (Fsp3) is 0.529. The second-order valence-corrected chi connectivity index (χ2v) is 6.56. The van der Waals surface area contributed by atoms with Crippen molar-refractivity contribution in [3.05, 3.63) is 29.8 Å². The molecule has 1 aromatic carbocycles. The van der Waals surface area contributed by atoms with E-state index in [2.05, 4.69) is 16.3 Å². The number of amides is 1. The summed E-state index contributed by atoms with van der Waals surface area (Å²) >= 11 is 0. The van der Waals surface area contributed by atoms with Crippen LogP contribution in [0.1, 0.15) is 39.2 Å². The van der Waals surface area contributed by atoms with E-state index >= 15 is 0 Å². The van der Waals surface area contributed by atoms with Crippen molar-refractivity contribution in [1.82, 2.24) is 5.32 Å². The summed E-state index contributed by atoms with van der Waals surface area (Å²) in [5, 5.41) is 12.1. The van der Waals surface area contributed by atoms with Gasteiger partial charge in [-0.05, 0) is 45.7 Å². The summed E-state index contributed by atoms with van der Waals surface area (Å²) in [6.45, 7) is 7.14. The molecule has 1 saturated heterocycles. The Labute approximate surface area is 131 Å². The third-order valence-electron chi connectivity index (χ3n) is 3.51. The van der Waals surface area contributed by atoms with Crippen molar-refractivity contribution in [3.63, 3.8) is 0 Å². The summed E-state index contributed by atoms with van der Waals surface area (Å²) in [5.41, 5.74) is 1.10. The maximum absolute atomic E-state index is 11.9. The Morgan fingerprint density at radius 1 is 1.41 bits per heavy atom. The molecule has 0 bridgehead atoms.